The van der Waals surface area contributed by atoms with Crippen LogP contribution in [0.15, 0.2) is 24.3 Å². The summed E-state index contributed by atoms with van der Waals surface area (Å²) in [6.07, 6.45) is 5.36. The molecule has 0 atom stereocenters. The second-order valence-electron chi connectivity index (χ2n) is 5.93. The average molecular weight is 258 g/mol. The Hall–Kier alpha value is -1.30. The third kappa shape index (κ3) is 6.42. The molecule has 0 fully saturated rings. The van der Waals surface area contributed by atoms with E-state index in [1.54, 1.807) is 0 Å². The molecule has 0 aliphatic rings. The first-order valence-electron chi connectivity index (χ1n) is 6.93. The molecular formula is C17H26N2. The molecule has 1 rings (SSSR count). The van der Waals surface area contributed by atoms with Crippen molar-refractivity contribution in [2.24, 2.45) is 0 Å². The molecule has 1 aromatic rings. The molecule has 0 amide bonds. The second kappa shape index (κ2) is 7.33. The largest absolute Gasteiger partial charge is 0.308 e. The highest BCUT2D eigenvalue weighted by atomic mass is 15.1. The van der Waals surface area contributed by atoms with E-state index in [1.165, 1.54) is 11.1 Å². The number of hydrogen-bond acceptors (Lipinski definition) is 2. The molecule has 0 aliphatic carbocycles. The summed E-state index contributed by atoms with van der Waals surface area (Å²) in [5, 5.41) is 3.49. The molecule has 2 nitrogen and oxygen atoms in total. The van der Waals surface area contributed by atoms with Crippen molar-refractivity contribution in [1.82, 2.24) is 10.2 Å². The summed E-state index contributed by atoms with van der Waals surface area (Å²) in [5.74, 6) is 2.70. The topological polar surface area (TPSA) is 15.3 Å². The molecule has 0 unspecified atom stereocenters. The molecule has 0 aliphatic heterocycles. The van der Waals surface area contributed by atoms with E-state index in [0.717, 1.165) is 19.6 Å². The minimum atomic E-state index is 0.157. The molecule has 0 spiro atoms. The molecule has 1 aromatic carbocycles. The zero-order chi connectivity index (χ0) is 14.3. The average Bonchev–Trinajstić information content (AvgIpc) is 2.36. The predicted molar refractivity (Wildman–Crippen MR) is 82.8 cm³/mol. The van der Waals surface area contributed by atoms with Crippen LogP contribution in [0.2, 0.25) is 0 Å². The van der Waals surface area contributed by atoms with Gasteiger partial charge in [0.1, 0.15) is 0 Å². The van der Waals surface area contributed by atoms with Crippen molar-refractivity contribution in [3.05, 3.63) is 35.4 Å². The predicted octanol–water partition coefficient (Wildman–Crippen LogP) is 3.03. The van der Waals surface area contributed by atoms with Crippen molar-refractivity contribution < 1.29 is 0 Å². The highest BCUT2D eigenvalue weighted by molar-refractivity contribution is 5.22. The summed E-state index contributed by atoms with van der Waals surface area (Å²) in [4.78, 5) is 2.25. The third-order valence-corrected chi connectivity index (χ3v) is 3.01. The van der Waals surface area contributed by atoms with Gasteiger partial charge in [-0.05, 0) is 38.4 Å². The first-order valence-corrected chi connectivity index (χ1v) is 6.93. The lowest BCUT2D eigenvalue weighted by Gasteiger charge is -2.21. The molecule has 0 radical (unpaired) electrons. The van der Waals surface area contributed by atoms with Gasteiger partial charge in [-0.25, -0.2) is 0 Å². The molecule has 0 saturated heterocycles. The lowest BCUT2D eigenvalue weighted by molar-refractivity contribution is 0.316. The Morgan fingerprint density at radius 3 is 2.21 bits per heavy atom. The number of nitrogens with zero attached hydrogens (tertiary/aromatic N) is 1. The molecule has 0 saturated carbocycles. The Bertz CT molecular complexity index is 406. The van der Waals surface area contributed by atoms with Gasteiger partial charge in [0.2, 0.25) is 0 Å². The van der Waals surface area contributed by atoms with Crippen LogP contribution < -0.4 is 5.32 Å². The van der Waals surface area contributed by atoms with Gasteiger partial charge < -0.3 is 5.32 Å². The molecule has 0 bridgehead atoms. The van der Waals surface area contributed by atoms with Crippen molar-refractivity contribution in [1.29, 1.82) is 0 Å². The summed E-state index contributed by atoms with van der Waals surface area (Å²) in [5.41, 5.74) is 2.79. The van der Waals surface area contributed by atoms with Crippen LogP contribution in [0.3, 0.4) is 0 Å². The van der Waals surface area contributed by atoms with Crippen molar-refractivity contribution in [2.45, 2.75) is 46.3 Å². The van der Waals surface area contributed by atoms with Gasteiger partial charge in [-0.3, -0.25) is 4.90 Å². The van der Waals surface area contributed by atoms with Gasteiger partial charge in [0.05, 0.1) is 6.54 Å². The van der Waals surface area contributed by atoms with Gasteiger partial charge in [-0.15, -0.1) is 6.42 Å². The van der Waals surface area contributed by atoms with E-state index in [0.29, 0.717) is 6.54 Å². The summed E-state index contributed by atoms with van der Waals surface area (Å²) in [7, 11) is 0. The zero-order valence-corrected chi connectivity index (χ0v) is 12.7. The summed E-state index contributed by atoms with van der Waals surface area (Å²) in [6.45, 7) is 12.2. The van der Waals surface area contributed by atoms with Gasteiger partial charge in [0.15, 0.2) is 0 Å². The highest BCUT2D eigenvalue weighted by Crippen LogP contribution is 2.09. The van der Waals surface area contributed by atoms with Crippen LogP contribution in [0.5, 0.6) is 0 Å². The molecule has 1 N–H and O–H groups in total. The first-order chi connectivity index (χ1) is 8.94. The fraction of sp³-hybridized carbons (Fsp3) is 0.529. The van der Waals surface area contributed by atoms with Crippen molar-refractivity contribution >= 4 is 0 Å². The van der Waals surface area contributed by atoms with Crippen LogP contribution in [0.1, 0.15) is 38.8 Å². The fourth-order valence-electron chi connectivity index (χ4n) is 1.80. The third-order valence-electron chi connectivity index (χ3n) is 3.01. The minimum absolute atomic E-state index is 0.157. The Morgan fingerprint density at radius 2 is 1.74 bits per heavy atom. The summed E-state index contributed by atoms with van der Waals surface area (Å²) >= 11 is 0. The monoisotopic (exact) mass is 258 g/mol. The van der Waals surface area contributed by atoms with Crippen LogP contribution in [0, 0.1) is 12.3 Å². The molecule has 104 valence electrons. The van der Waals surface area contributed by atoms with Gasteiger partial charge in [-0.1, -0.05) is 37.1 Å². The van der Waals surface area contributed by atoms with Crippen LogP contribution in [0.25, 0.3) is 0 Å². The van der Waals surface area contributed by atoms with Gasteiger partial charge in [0.25, 0.3) is 0 Å². The second-order valence-corrected chi connectivity index (χ2v) is 5.93. The van der Waals surface area contributed by atoms with Gasteiger partial charge in [0, 0.05) is 18.6 Å². The highest BCUT2D eigenvalue weighted by Gasteiger charge is 2.08. The van der Waals surface area contributed by atoms with E-state index in [9.17, 15) is 0 Å². The quantitative estimate of drug-likeness (QED) is 0.789. The van der Waals surface area contributed by atoms with Crippen LogP contribution in [0.4, 0.5) is 0 Å². The Kier molecular flexibility index (Phi) is 6.08. The van der Waals surface area contributed by atoms with E-state index in [4.69, 9.17) is 6.42 Å². The van der Waals surface area contributed by atoms with E-state index in [-0.39, 0.29) is 5.54 Å². The standard InChI is InChI=1S/C17H26N2/c1-6-12-19(7-2)14-16-10-8-15(9-11-16)13-18-17(3,4)5/h1,8-11,18H,7,12-14H2,2-5H3. The maximum atomic E-state index is 5.36. The molecule has 19 heavy (non-hydrogen) atoms. The Balaban J connectivity index is 2.54. The molecule has 0 aromatic heterocycles. The van der Waals surface area contributed by atoms with E-state index in [2.05, 4.69) is 68.1 Å². The Morgan fingerprint density at radius 1 is 1.16 bits per heavy atom. The number of rotatable bonds is 6. The SMILES string of the molecule is C#CCN(CC)Cc1ccc(CNC(C)(C)C)cc1. The summed E-state index contributed by atoms with van der Waals surface area (Å²) < 4.78 is 0. The van der Waals surface area contributed by atoms with Crippen molar-refractivity contribution in [3.8, 4) is 12.3 Å². The zero-order valence-electron chi connectivity index (χ0n) is 12.7. The van der Waals surface area contributed by atoms with Crippen molar-refractivity contribution in [3.63, 3.8) is 0 Å². The maximum Gasteiger partial charge on any atom is 0.0601 e. The number of nitrogens with one attached hydrogen (secondary N) is 1. The van der Waals surface area contributed by atoms with E-state index in [1.807, 2.05) is 0 Å². The first kappa shape index (κ1) is 15.8. The fourth-order valence-corrected chi connectivity index (χ4v) is 1.80. The van der Waals surface area contributed by atoms with Crippen LogP contribution in [-0.4, -0.2) is 23.5 Å². The number of terminal acetylenes is 1. The number of hydrogen-bond donors (Lipinski definition) is 1. The number of benzene rings is 1. The maximum absolute atomic E-state index is 5.36. The minimum Gasteiger partial charge on any atom is -0.308 e. The lowest BCUT2D eigenvalue weighted by Crippen LogP contribution is -2.35. The van der Waals surface area contributed by atoms with E-state index < -0.39 is 0 Å². The van der Waals surface area contributed by atoms with Gasteiger partial charge in [-0.2, -0.15) is 0 Å². The lowest BCUT2D eigenvalue weighted by atomic mass is 10.1. The van der Waals surface area contributed by atoms with Crippen molar-refractivity contribution in [2.75, 3.05) is 13.1 Å². The summed E-state index contributed by atoms with van der Waals surface area (Å²) in [6, 6.07) is 8.77. The Labute approximate surface area is 118 Å². The molecule has 0 heterocycles. The normalized spacial score (nSPS) is 11.6. The molecular weight excluding hydrogens is 232 g/mol. The molecule has 2 heteroatoms. The van der Waals surface area contributed by atoms with Gasteiger partial charge >= 0.3 is 0 Å². The smallest absolute Gasteiger partial charge is 0.0601 e. The van der Waals surface area contributed by atoms with Crippen LogP contribution >= 0.6 is 0 Å². The van der Waals surface area contributed by atoms with Crippen LogP contribution in [-0.2, 0) is 13.1 Å². The van der Waals surface area contributed by atoms with E-state index >= 15 is 0 Å².